The minimum absolute atomic E-state index is 0.0720. The molecule has 1 amide bonds. The van der Waals surface area contributed by atoms with Gasteiger partial charge >= 0.3 is 0 Å². The van der Waals surface area contributed by atoms with E-state index >= 15 is 0 Å². The number of thioether (sulfide) groups is 1. The monoisotopic (exact) mass is 440 g/mol. The molecular formula is C18H21BrN2O2S2. The van der Waals surface area contributed by atoms with Crippen LogP contribution in [0.2, 0.25) is 0 Å². The Morgan fingerprint density at radius 1 is 1.28 bits per heavy atom. The first-order chi connectivity index (χ1) is 12.2. The van der Waals surface area contributed by atoms with Gasteiger partial charge in [0.05, 0.1) is 25.0 Å². The van der Waals surface area contributed by atoms with E-state index < -0.39 is 0 Å². The van der Waals surface area contributed by atoms with Crippen molar-refractivity contribution in [2.24, 2.45) is 0 Å². The molecule has 134 valence electrons. The molecule has 0 saturated carbocycles. The van der Waals surface area contributed by atoms with E-state index in [2.05, 4.69) is 43.7 Å². The minimum Gasteiger partial charge on any atom is -0.379 e. The fourth-order valence-electron chi connectivity index (χ4n) is 2.72. The zero-order chi connectivity index (χ0) is 17.5. The summed E-state index contributed by atoms with van der Waals surface area (Å²) in [5.74, 6) is 0.504. The molecule has 1 aliphatic heterocycles. The van der Waals surface area contributed by atoms with Gasteiger partial charge in [-0.1, -0.05) is 22.0 Å². The molecule has 1 aliphatic rings. The number of thiophene rings is 1. The summed E-state index contributed by atoms with van der Waals surface area (Å²) < 4.78 is 6.50. The number of hydrogen-bond donors (Lipinski definition) is 1. The molecule has 1 fully saturated rings. The third-order valence-electron chi connectivity index (χ3n) is 4.03. The summed E-state index contributed by atoms with van der Waals surface area (Å²) in [6, 6.07) is 12.5. The first-order valence-electron chi connectivity index (χ1n) is 8.22. The molecular weight excluding hydrogens is 420 g/mol. The van der Waals surface area contributed by atoms with Gasteiger partial charge in [-0.2, -0.15) is 0 Å². The topological polar surface area (TPSA) is 41.6 Å². The van der Waals surface area contributed by atoms with Crippen LogP contribution in [0.5, 0.6) is 0 Å². The Labute approximate surface area is 165 Å². The van der Waals surface area contributed by atoms with Crippen LogP contribution in [-0.4, -0.2) is 49.4 Å². The van der Waals surface area contributed by atoms with Gasteiger partial charge in [-0.15, -0.1) is 23.1 Å². The van der Waals surface area contributed by atoms with E-state index in [0.717, 1.165) is 35.7 Å². The fraction of sp³-hybridized carbons (Fsp3) is 0.389. The SMILES string of the molecule is O=C(CSc1ccc(Br)cc1)NC[C@H](c1cccs1)N1CCOCC1. The number of amides is 1. The highest BCUT2D eigenvalue weighted by Gasteiger charge is 2.23. The lowest BCUT2D eigenvalue weighted by atomic mass is 10.2. The Kier molecular flexibility index (Phi) is 7.36. The molecule has 7 heteroatoms. The standard InChI is InChI=1S/C18H21BrN2O2S2/c19-14-3-5-15(6-4-14)25-13-18(22)20-12-16(17-2-1-11-24-17)21-7-9-23-10-8-21/h1-6,11,16H,7-10,12-13H2,(H,20,22)/t16-/m1/s1. The summed E-state index contributed by atoms with van der Waals surface area (Å²) in [5.41, 5.74) is 0. The van der Waals surface area contributed by atoms with Crippen LogP contribution in [0, 0.1) is 0 Å². The lowest BCUT2D eigenvalue weighted by Crippen LogP contribution is -2.43. The molecule has 1 N–H and O–H groups in total. The molecule has 1 saturated heterocycles. The number of ether oxygens (including phenoxy) is 1. The maximum absolute atomic E-state index is 12.3. The second-order valence-corrected chi connectivity index (χ2v) is 8.67. The maximum Gasteiger partial charge on any atom is 0.230 e. The first-order valence-corrected chi connectivity index (χ1v) is 10.9. The first kappa shape index (κ1) is 18.9. The number of nitrogens with one attached hydrogen (secondary N) is 1. The van der Waals surface area contributed by atoms with E-state index in [9.17, 15) is 4.79 Å². The minimum atomic E-state index is 0.0720. The van der Waals surface area contributed by atoms with Crippen molar-refractivity contribution in [2.45, 2.75) is 10.9 Å². The molecule has 1 atom stereocenters. The zero-order valence-electron chi connectivity index (χ0n) is 13.8. The average molecular weight is 441 g/mol. The van der Waals surface area contributed by atoms with Gasteiger partial charge in [0.25, 0.3) is 0 Å². The van der Waals surface area contributed by atoms with Crippen LogP contribution in [0.3, 0.4) is 0 Å². The Morgan fingerprint density at radius 3 is 2.72 bits per heavy atom. The lowest BCUT2D eigenvalue weighted by Gasteiger charge is -2.34. The fourth-order valence-corrected chi connectivity index (χ4v) is 4.57. The number of carbonyl (C=O) groups excluding carboxylic acids is 1. The molecule has 0 aliphatic carbocycles. The van der Waals surface area contributed by atoms with Gasteiger partial charge in [-0.3, -0.25) is 9.69 Å². The Morgan fingerprint density at radius 2 is 2.04 bits per heavy atom. The van der Waals surface area contributed by atoms with Crippen LogP contribution in [0.15, 0.2) is 51.1 Å². The average Bonchev–Trinajstić information content (AvgIpc) is 3.17. The molecule has 25 heavy (non-hydrogen) atoms. The predicted octanol–water partition coefficient (Wildman–Crippen LogP) is 3.79. The third kappa shape index (κ3) is 5.82. The van der Waals surface area contributed by atoms with E-state index in [4.69, 9.17) is 4.74 Å². The van der Waals surface area contributed by atoms with Crippen molar-refractivity contribution >= 4 is 44.9 Å². The van der Waals surface area contributed by atoms with E-state index in [-0.39, 0.29) is 11.9 Å². The van der Waals surface area contributed by atoms with Crippen molar-refractivity contribution in [2.75, 3.05) is 38.6 Å². The summed E-state index contributed by atoms with van der Waals surface area (Å²) in [6.07, 6.45) is 0. The predicted molar refractivity (Wildman–Crippen MR) is 107 cm³/mol. The van der Waals surface area contributed by atoms with Crippen molar-refractivity contribution in [1.29, 1.82) is 0 Å². The van der Waals surface area contributed by atoms with Gasteiger partial charge in [0.2, 0.25) is 5.91 Å². The highest BCUT2D eigenvalue weighted by atomic mass is 79.9. The van der Waals surface area contributed by atoms with E-state index in [0.29, 0.717) is 12.3 Å². The highest BCUT2D eigenvalue weighted by Crippen LogP contribution is 2.25. The number of halogens is 1. The van der Waals surface area contributed by atoms with Crippen LogP contribution in [0.4, 0.5) is 0 Å². The maximum atomic E-state index is 12.3. The van der Waals surface area contributed by atoms with E-state index in [1.54, 1.807) is 23.1 Å². The number of rotatable bonds is 7. The van der Waals surface area contributed by atoms with Crippen molar-refractivity contribution in [3.8, 4) is 0 Å². The number of nitrogens with zero attached hydrogens (tertiary/aromatic N) is 1. The van der Waals surface area contributed by atoms with Gasteiger partial charge in [-0.25, -0.2) is 0 Å². The molecule has 2 heterocycles. The Balaban J connectivity index is 1.51. The van der Waals surface area contributed by atoms with Gasteiger partial charge in [0.15, 0.2) is 0 Å². The van der Waals surface area contributed by atoms with Crippen LogP contribution in [0.25, 0.3) is 0 Å². The highest BCUT2D eigenvalue weighted by molar-refractivity contribution is 9.10. The van der Waals surface area contributed by atoms with Crippen molar-refractivity contribution in [1.82, 2.24) is 10.2 Å². The molecule has 0 bridgehead atoms. The molecule has 1 aromatic carbocycles. The molecule has 0 radical (unpaired) electrons. The van der Waals surface area contributed by atoms with Gasteiger partial charge in [0.1, 0.15) is 0 Å². The molecule has 3 rings (SSSR count). The molecule has 4 nitrogen and oxygen atoms in total. The number of hydrogen-bond acceptors (Lipinski definition) is 5. The van der Waals surface area contributed by atoms with E-state index in [1.807, 2.05) is 24.3 Å². The second kappa shape index (κ2) is 9.73. The molecule has 0 spiro atoms. The van der Waals surface area contributed by atoms with Gasteiger partial charge in [0, 0.05) is 33.9 Å². The lowest BCUT2D eigenvalue weighted by molar-refractivity contribution is -0.118. The van der Waals surface area contributed by atoms with Crippen molar-refractivity contribution < 1.29 is 9.53 Å². The quantitative estimate of drug-likeness (QED) is 0.664. The van der Waals surface area contributed by atoms with Crippen molar-refractivity contribution in [3.63, 3.8) is 0 Å². The summed E-state index contributed by atoms with van der Waals surface area (Å²) in [7, 11) is 0. The molecule has 2 aromatic rings. The summed E-state index contributed by atoms with van der Waals surface area (Å²) >= 11 is 6.72. The summed E-state index contributed by atoms with van der Waals surface area (Å²) in [4.78, 5) is 17.1. The second-order valence-electron chi connectivity index (χ2n) is 5.73. The number of morpholine rings is 1. The Bertz CT molecular complexity index is 658. The third-order valence-corrected chi connectivity index (χ3v) is 6.55. The summed E-state index contributed by atoms with van der Waals surface area (Å²) in [5, 5.41) is 5.20. The number of benzene rings is 1. The van der Waals surface area contributed by atoms with Gasteiger partial charge < -0.3 is 10.1 Å². The molecule has 0 unspecified atom stereocenters. The van der Waals surface area contributed by atoms with Crippen LogP contribution < -0.4 is 5.32 Å². The zero-order valence-corrected chi connectivity index (χ0v) is 17.0. The largest absolute Gasteiger partial charge is 0.379 e. The van der Waals surface area contributed by atoms with E-state index in [1.165, 1.54) is 4.88 Å². The summed E-state index contributed by atoms with van der Waals surface area (Å²) in [6.45, 7) is 3.98. The Hall–Kier alpha value is -0.860. The molecule has 1 aromatic heterocycles. The van der Waals surface area contributed by atoms with Crippen LogP contribution in [0.1, 0.15) is 10.9 Å². The van der Waals surface area contributed by atoms with Crippen molar-refractivity contribution in [3.05, 3.63) is 51.1 Å². The van der Waals surface area contributed by atoms with Crippen LogP contribution >= 0.6 is 39.0 Å². The normalized spacial score (nSPS) is 16.5. The smallest absolute Gasteiger partial charge is 0.230 e. The van der Waals surface area contributed by atoms with Gasteiger partial charge in [-0.05, 0) is 35.7 Å². The number of carbonyl (C=O) groups is 1. The van der Waals surface area contributed by atoms with Crippen LogP contribution in [-0.2, 0) is 9.53 Å².